The van der Waals surface area contributed by atoms with Crippen LogP contribution in [0.2, 0.25) is 0 Å². The number of carbonyl (C=O) groups excluding carboxylic acids is 2. The van der Waals surface area contributed by atoms with Crippen LogP contribution in [0.4, 0.5) is 0 Å². The number of hydrogen-bond donors (Lipinski definition) is 2. The van der Waals surface area contributed by atoms with Crippen LogP contribution in [0.5, 0.6) is 0 Å². The molecule has 1 unspecified atom stereocenters. The molecule has 24 heavy (non-hydrogen) atoms. The van der Waals surface area contributed by atoms with Gasteiger partial charge in [0.25, 0.3) is 0 Å². The van der Waals surface area contributed by atoms with Gasteiger partial charge in [0.1, 0.15) is 0 Å². The van der Waals surface area contributed by atoms with Crippen LogP contribution in [-0.4, -0.2) is 42.4 Å². The summed E-state index contributed by atoms with van der Waals surface area (Å²) in [5.74, 6) is -0.0569. The summed E-state index contributed by atoms with van der Waals surface area (Å²) in [5.41, 5.74) is 2.57. The number of fused-ring (bicyclic) bond motifs is 1. The molecule has 1 aliphatic carbocycles. The number of likely N-dealkylation sites (N-methyl/N-ethyl adjacent to an activating group) is 1. The summed E-state index contributed by atoms with van der Waals surface area (Å²) in [4.78, 5) is 26.1. The molecular formula is C19H29N3O2. The number of amides is 2. The largest absolute Gasteiger partial charge is 0.353 e. The zero-order valence-electron chi connectivity index (χ0n) is 15.0. The van der Waals surface area contributed by atoms with Crippen molar-refractivity contribution in [3.8, 4) is 0 Å². The van der Waals surface area contributed by atoms with Crippen LogP contribution < -0.4 is 10.6 Å². The van der Waals surface area contributed by atoms with E-state index in [1.165, 1.54) is 11.1 Å². The van der Waals surface area contributed by atoms with Crippen LogP contribution in [0.1, 0.15) is 50.8 Å². The van der Waals surface area contributed by atoms with Gasteiger partial charge in [0.05, 0.1) is 19.1 Å². The Labute approximate surface area is 144 Å². The second kappa shape index (κ2) is 8.83. The Morgan fingerprint density at radius 3 is 2.62 bits per heavy atom. The van der Waals surface area contributed by atoms with E-state index in [2.05, 4.69) is 28.8 Å². The number of carbonyl (C=O) groups is 2. The monoisotopic (exact) mass is 331 g/mol. The van der Waals surface area contributed by atoms with Crippen LogP contribution in [0.3, 0.4) is 0 Å². The van der Waals surface area contributed by atoms with E-state index in [9.17, 15) is 9.59 Å². The van der Waals surface area contributed by atoms with Gasteiger partial charge in [-0.3, -0.25) is 14.5 Å². The molecule has 0 saturated carbocycles. The Kier molecular flexibility index (Phi) is 6.79. The summed E-state index contributed by atoms with van der Waals surface area (Å²) in [6.45, 7) is 7.00. The highest BCUT2D eigenvalue weighted by atomic mass is 16.2. The normalized spacial score (nSPS) is 16.8. The van der Waals surface area contributed by atoms with E-state index < -0.39 is 0 Å². The molecule has 1 atom stereocenters. The van der Waals surface area contributed by atoms with Crippen LogP contribution in [0, 0.1) is 0 Å². The molecule has 0 bridgehead atoms. The molecular weight excluding hydrogens is 302 g/mol. The Hall–Kier alpha value is -1.88. The van der Waals surface area contributed by atoms with E-state index in [0.29, 0.717) is 6.54 Å². The van der Waals surface area contributed by atoms with Gasteiger partial charge in [-0.15, -0.1) is 0 Å². The lowest BCUT2D eigenvalue weighted by molar-refractivity contribution is -0.125. The third-order valence-electron chi connectivity index (χ3n) is 4.34. The average molecular weight is 331 g/mol. The number of rotatable bonds is 7. The predicted octanol–water partition coefficient (Wildman–Crippen LogP) is 2.03. The fraction of sp³-hybridized carbons (Fsp3) is 0.579. The summed E-state index contributed by atoms with van der Waals surface area (Å²) in [5, 5.41) is 6.00. The first-order valence-electron chi connectivity index (χ1n) is 8.88. The molecule has 2 amide bonds. The summed E-state index contributed by atoms with van der Waals surface area (Å²) in [7, 11) is 0. The lowest BCUT2D eigenvalue weighted by Gasteiger charge is -2.27. The minimum absolute atomic E-state index is 0.0177. The molecule has 1 aliphatic rings. The zero-order chi connectivity index (χ0) is 17.5. The minimum atomic E-state index is -0.0392. The summed E-state index contributed by atoms with van der Waals surface area (Å²) < 4.78 is 0. The van der Waals surface area contributed by atoms with E-state index in [0.717, 1.165) is 19.3 Å². The highest BCUT2D eigenvalue weighted by Gasteiger charge is 2.22. The topological polar surface area (TPSA) is 61.4 Å². The van der Waals surface area contributed by atoms with Crippen molar-refractivity contribution in [1.29, 1.82) is 0 Å². The predicted molar refractivity (Wildman–Crippen MR) is 95.7 cm³/mol. The lowest BCUT2D eigenvalue weighted by atomic mass is 9.88. The third kappa shape index (κ3) is 5.34. The van der Waals surface area contributed by atoms with E-state index in [-0.39, 0.29) is 37.0 Å². The number of aryl methyl sites for hydroxylation is 1. The first-order chi connectivity index (χ1) is 11.5. The Balaban J connectivity index is 1.89. The molecule has 5 heteroatoms. The van der Waals surface area contributed by atoms with Crippen LogP contribution in [0.15, 0.2) is 24.3 Å². The molecule has 0 aromatic heterocycles. The van der Waals surface area contributed by atoms with E-state index >= 15 is 0 Å². The zero-order valence-corrected chi connectivity index (χ0v) is 15.0. The molecule has 0 saturated heterocycles. The van der Waals surface area contributed by atoms with E-state index in [4.69, 9.17) is 0 Å². The van der Waals surface area contributed by atoms with Gasteiger partial charge >= 0.3 is 0 Å². The third-order valence-corrected chi connectivity index (χ3v) is 4.34. The first kappa shape index (κ1) is 18.5. The van der Waals surface area contributed by atoms with Crippen molar-refractivity contribution in [1.82, 2.24) is 15.5 Å². The molecule has 0 radical (unpaired) electrons. The Morgan fingerprint density at radius 2 is 1.92 bits per heavy atom. The molecule has 2 rings (SSSR count). The van der Waals surface area contributed by atoms with Crippen molar-refractivity contribution in [3.63, 3.8) is 0 Å². The summed E-state index contributed by atoms with van der Waals surface area (Å²) >= 11 is 0. The number of benzene rings is 1. The SMILES string of the molecule is CCN(CC(=O)NC(C)C)CC(=O)NC1CCCc2ccccc21. The smallest absolute Gasteiger partial charge is 0.234 e. The van der Waals surface area contributed by atoms with Crippen molar-refractivity contribution in [2.45, 2.75) is 52.1 Å². The maximum Gasteiger partial charge on any atom is 0.234 e. The molecule has 0 aliphatic heterocycles. The first-order valence-corrected chi connectivity index (χ1v) is 8.88. The molecule has 1 aromatic carbocycles. The quantitative estimate of drug-likeness (QED) is 0.804. The second-order valence-corrected chi connectivity index (χ2v) is 6.74. The summed E-state index contributed by atoms with van der Waals surface area (Å²) in [6, 6.07) is 8.53. The van der Waals surface area contributed by atoms with Gasteiger partial charge in [-0.05, 0) is 50.8 Å². The van der Waals surface area contributed by atoms with Gasteiger partial charge in [-0.2, -0.15) is 0 Å². The van der Waals surface area contributed by atoms with Crippen molar-refractivity contribution < 1.29 is 9.59 Å². The van der Waals surface area contributed by atoms with Crippen molar-refractivity contribution in [3.05, 3.63) is 35.4 Å². The van der Waals surface area contributed by atoms with Crippen molar-refractivity contribution in [2.75, 3.05) is 19.6 Å². The van der Waals surface area contributed by atoms with Crippen LogP contribution in [0.25, 0.3) is 0 Å². The molecule has 132 valence electrons. The van der Waals surface area contributed by atoms with E-state index in [1.807, 2.05) is 31.7 Å². The number of nitrogens with zero attached hydrogens (tertiary/aromatic N) is 1. The lowest BCUT2D eigenvalue weighted by Crippen LogP contribution is -2.45. The standard InChI is InChI=1S/C19H29N3O2/c1-4-22(12-18(23)20-14(2)3)13-19(24)21-17-11-7-9-15-8-5-6-10-16(15)17/h5-6,8,10,14,17H,4,7,9,11-13H2,1-3H3,(H,20,23)(H,21,24). The maximum absolute atomic E-state index is 12.4. The van der Waals surface area contributed by atoms with E-state index in [1.54, 1.807) is 0 Å². The molecule has 5 nitrogen and oxygen atoms in total. The van der Waals surface area contributed by atoms with Gasteiger partial charge in [0.2, 0.25) is 11.8 Å². The van der Waals surface area contributed by atoms with Crippen LogP contribution in [-0.2, 0) is 16.0 Å². The fourth-order valence-corrected chi connectivity index (χ4v) is 3.20. The maximum atomic E-state index is 12.4. The molecule has 0 heterocycles. The molecule has 0 fully saturated rings. The number of hydrogen-bond acceptors (Lipinski definition) is 3. The summed E-state index contributed by atoms with van der Waals surface area (Å²) in [6.07, 6.45) is 3.15. The highest BCUT2D eigenvalue weighted by molar-refractivity contribution is 5.81. The average Bonchev–Trinajstić information content (AvgIpc) is 2.53. The highest BCUT2D eigenvalue weighted by Crippen LogP contribution is 2.29. The van der Waals surface area contributed by atoms with Gasteiger partial charge in [0.15, 0.2) is 0 Å². The van der Waals surface area contributed by atoms with Gasteiger partial charge < -0.3 is 10.6 Å². The fourth-order valence-electron chi connectivity index (χ4n) is 3.20. The Morgan fingerprint density at radius 1 is 1.21 bits per heavy atom. The van der Waals surface area contributed by atoms with Gasteiger partial charge in [-0.25, -0.2) is 0 Å². The number of nitrogens with one attached hydrogen (secondary N) is 2. The van der Waals surface area contributed by atoms with Crippen molar-refractivity contribution in [2.24, 2.45) is 0 Å². The molecule has 2 N–H and O–H groups in total. The van der Waals surface area contributed by atoms with Crippen LogP contribution >= 0.6 is 0 Å². The minimum Gasteiger partial charge on any atom is -0.353 e. The molecule has 0 spiro atoms. The Bertz CT molecular complexity index is 571. The molecule has 1 aromatic rings. The van der Waals surface area contributed by atoms with Crippen molar-refractivity contribution >= 4 is 11.8 Å². The second-order valence-electron chi connectivity index (χ2n) is 6.74. The van der Waals surface area contributed by atoms with Gasteiger partial charge in [0, 0.05) is 6.04 Å². The van der Waals surface area contributed by atoms with Gasteiger partial charge in [-0.1, -0.05) is 31.2 Å².